The molecule has 12 aliphatic rings. The Morgan fingerprint density at radius 2 is 0.500 bits per heavy atom. The fraction of sp³-hybridized carbons (Fsp3) is 1.00. The lowest BCUT2D eigenvalue weighted by Gasteiger charge is -2.65. The molecule has 0 heterocycles. The molecule has 0 N–H and O–H groups in total. The maximum atomic E-state index is 3.39. The third-order valence-corrected chi connectivity index (χ3v) is 24.7. The van der Waals surface area contributed by atoms with Gasteiger partial charge in [-0.25, -0.2) is 0 Å². The van der Waals surface area contributed by atoms with Gasteiger partial charge in [-0.1, -0.05) is 148 Å². The van der Waals surface area contributed by atoms with Gasteiger partial charge < -0.3 is 0 Å². The summed E-state index contributed by atoms with van der Waals surface area (Å²) in [5, 5.41) is 0. The maximum Gasteiger partial charge on any atom is 0.0104 e. The molecule has 12 fully saturated rings. The molecular formula is C62H104N2. The van der Waals surface area contributed by atoms with Crippen LogP contribution in [0.25, 0.3) is 0 Å². The molecule has 0 aromatic carbocycles. The summed E-state index contributed by atoms with van der Waals surface area (Å²) in [5.74, 6) is 15.2. The number of rotatable bonds is 8. The monoisotopic (exact) mass is 877 g/mol. The first-order valence-electron chi connectivity index (χ1n) is 31.3. The van der Waals surface area contributed by atoms with Crippen LogP contribution in [-0.2, 0) is 0 Å². The highest BCUT2D eigenvalue weighted by molar-refractivity contribution is 5.10. The molecule has 12 saturated carbocycles. The smallest absolute Gasteiger partial charge is 0.0104 e. The largest absolute Gasteiger partial charge is 0.294 e. The zero-order valence-electron chi connectivity index (χ0n) is 42.1. The molecular weight excluding hydrogens is 773 g/mol. The van der Waals surface area contributed by atoms with Crippen LogP contribution in [-0.4, -0.2) is 46.1 Å². The minimum absolute atomic E-state index is 0.920. The van der Waals surface area contributed by atoms with E-state index in [1.807, 2.05) is 0 Å². The fourth-order valence-corrected chi connectivity index (χ4v) is 22.5. The Balaban J connectivity index is 0.895. The van der Waals surface area contributed by atoms with Crippen LogP contribution in [0.5, 0.6) is 0 Å². The van der Waals surface area contributed by atoms with E-state index in [-0.39, 0.29) is 0 Å². The number of hydrogen-bond acceptors (Lipinski definition) is 2. The van der Waals surface area contributed by atoms with Gasteiger partial charge in [-0.3, -0.25) is 9.80 Å². The van der Waals surface area contributed by atoms with Gasteiger partial charge in [-0.05, 0) is 205 Å². The lowest BCUT2D eigenvalue weighted by molar-refractivity contribution is -0.166. The molecule has 0 aromatic heterocycles. The number of hydrogen-bond donors (Lipinski definition) is 0. The van der Waals surface area contributed by atoms with E-state index in [9.17, 15) is 0 Å². The van der Waals surface area contributed by atoms with Crippen LogP contribution in [0.2, 0.25) is 0 Å². The number of fused-ring (bicyclic) bond motifs is 6. The zero-order valence-corrected chi connectivity index (χ0v) is 42.1. The maximum absolute atomic E-state index is 3.39. The molecule has 0 amide bonds. The van der Waals surface area contributed by atoms with Crippen molar-refractivity contribution in [3.63, 3.8) is 0 Å². The summed E-state index contributed by atoms with van der Waals surface area (Å²) in [6, 6.07) is 5.55. The molecule has 2 heteroatoms. The van der Waals surface area contributed by atoms with Gasteiger partial charge in [0.1, 0.15) is 0 Å². The Morgan fingerprint density at radius 3 is 0.953 bits per heavy atom. The van der Waals surface area contributed by atoms with Crippen LogP contribution in [0.4, 0.5) is 0 Å². The summed E-state index contributed by atoms with van der Waals surface area (Å²) in [4.78, 5) is 6.78. The molecule has 0 aromatic rings. The van der Waals surface area contributed by atoms with E-state index >= 15 is 0 Å². The molecule has 362 valence electrons. The summed E-state index contributed by atoms with van der Waals surface area (Å²) in [7, 11) is 0. The highest BCUT2D eigenvalue weighted by Crippen LogP contribution is 2.68. The van der Waals surface area contributed by atoms with Crippen molar-refractivity contribution in [3.05, 3.63) is 0 Å². The lowest BCUT2D eigenvalue weighted by atomic mass is 9.40. The van der Waals surface area contributed by atoms with Crippen molar-refractivity contribution in [3.8, 4) is 0 Å². The molecule has 0 bridgehead atoms. The van der Waals surface area contributed by atoms with Crippen molar-refractivity contribution in [2.75, 3.05) is 0 Å². The van der Waals surface area contributed by atoms with Crippen LogP contribution in [0.3, 0.4) is 0 Å². The molecule has 12 rings (SSSR count). The average Bonchev–Trinajstić information content (AvgIpc) is 3.36. The first-order valence-corrected chi connectivity index (χ1v) is 31.3. The summed E-state index contributed by atoms with van der Waals surface area (Å²) < 4.78 is 0. The van der Waals surface area contributed by atoms with Crippen molar-refractivity contribution in [2.45, 2.75) is 306 Å². The van der Waals surface area contributed by atoms with Crippen molar-refractivity contribution in [1.29, 1.82) is 0 Å². The standard InChI is InChI=1S/C62H104N2/c1-5-24-49(25-6-1)63(50-26-7-2-8-27-50)53-32-17-22-47(37-53)61-57-39-44-20-13-14-21-45(44)40-58(57)62(60-42-56-46(41-59(60)61)36-35-43-19-15-16-34-55(43)56)48-23-18-33-54(38-48)64(51-28-9-3-10-29-51)52-30-11-4-12-31-52/h43-62H,1-42H2. The molecule has 16 atom stereocenters. The molecule has 12 aliphatic carbocycles. The average molecular weight is 878 g/mol. The Labute approximate surface area is 396 Å². The van der Waals surface area contributed by atoms with E-state index in [1.54, 1.807) is 141 Å². The zero-order chi connectivity index (χ0) is 42.4. The van der Waals surface area contributed by atoms with Crippen LogP contribution in [0.15, 0.2) is 0 Å². The predicted molar refractivity (Wildman–Crippen MR) is 269 cm³/mol. The molecule has 0 spiro atoms. The summed E-state index contributed by atoms with van der Waals surface area (Å²) in [5.41, 5.74) is 0. The summed E-state index contributed by atoms with van der Waals surface area (Å²) >= 11 is 0. The topological polar surface area (TPSA) is 6.48 Å². The van der Waals surface area contributed by atoms with E-state index in [0.717, 1.165) is 119 Å². The first-order chi connectivity index (χ1) is 31.7. The Bertz CT molecular complexity index is 1410. The van der Waals surface area contributed by atoms with Crippen molar-refractivity contribution in [2.24, 2.45) is 82.9 Å². The van der Waals surface area contributed by atoms with E-state index in [0.29, 0.717) is 0 Å². The Kier molecular flexibility index (Phi) is 14.6. The third-order valence-electron chi connectivity index (χ3n) is 24.7. The van der Waals surface area contributed by atoms with E-state index in [1.165, 1.54) is 128 Å². The second-order valence-electron chi connectivity index (χ2n) is 27.5. The first kappa shape index (κ1) is 45.1. The second-order valence-corrected chi connectivity index (χ2v) is 27.5. The minimum atomic E-state index is 0.920. The van der Waals surface area contributed by atoms with Gasteiger partial charge in [-0.2, -0.15) is 0 Å². The van der Waals surface area contributed by atoms with Gasteiger partial charge in [0, 0.05) is 36.3 Å². The highest BCUT2D eigenvalue weighted by atomic mass is 15.2. The Hall–Kier alpha value is -0.0800. The lowest BCUT2D eigenvalue weighted by Crippen LogP contribution is -2.60. The van der Waals surface area contributed by atoms with Crippen LogP contribution in [0.1, 0.15) is 270 Å². The van der Waals surface area contributed by atoms with Crippen LogP contribution >= 0.6 is 0 Å². The summed E-state index contributed by atoms with van der Waals surface area (Å²) in [6.45, 7) is 0. The van der Waals surface area contributed by atoms with E-state index < -0.39 is 0 Å². The molecule has 0 radical (unpaired) electrons. The van der Waals surface area contributed by atoms with Crippen molar-refractivity contribution < 1.29 is 0 Å². The predicted octanol–water partition coefficient (Wildman–Crippen LogP) is 17.0. The fourth-order valence-electron chi connectivity index (χ4n) is 22.5. The molecule has 2 nitrogen and oxygen atoms in total. The highest BCUT2D eigenvalue weighted by Gasteiger charge is 2.61. The third kappa shape index (κ3) is 9.10. The number of nitrogens with zero attached hydrogens (tertiary/aromatic N) is 2. The molecule has 16 unspecified atom stereocenters. The Morgan fingerprint density at radius 1 is 0.172 bits per heavy atom. The van der Waals surface area contributed by atoms with Gasteiger partial charge >= 0.3 is 0 Å². The normalized spacial score (nSPS) is 47.0. The van der Waals surface area contributed by atoms with Gasteiger partial charge in [-0.15, -0.1) is 0 Å². The van der Waals surface area contributed by atoms with Crippen LogP contribution < -0.4 is 0 Å². The second kappa shape index (κ2) is 20.7. The van der Waals surface area contributed by atoms with Gasteiger partial charge in [0.05, 0.1) is 0 Å². The van der Waals surface area contributed by atoms with Gasteiger partial charge in [0.25, 0.3) is 0 Å². The molecule has 0 saturated heterocycles. The minimum Gasteiger partial charge on any atom is -0.294 e. The SMILES string of the molecule is C1CCC(N(C2CCCCC2)C2CCCC(C3C4CC5CCCCC5CC4C(C4CCCC(N(C5CCCCC5)C5CCCCC5)C4)C4CC5C(CCC6CCCCC65)CC43)C2)CC1. The van der Waals surface area contributed by atoms with E-state index in [2.05, 4.69) is 9.80 Å². The van der Waals surface area contributed by atoms with Crippen molar-refractivity contribution >= 4 is 0 Å². The van der Waals surface area contributed by atoms with Crippen LogP contribution in [0, 0.1) is 82.9 Å². The van der Waals surface area contributed by atoms with Gasteiger partial charge in [0.15, 0.2) is 0 Å². The van der Waals surface area contributed by atoms with E-state index in [4.69, 9.17) is 0 Å². The van der Waals surface area contributed by atoms with Crippen molar-refractivity contribution in [1.82, 2.24) is 9.80 Å². The quantitative estimate of drug-likeness (QED) is 0.240. The molecule has 64 heavy (non-hydrogen) atoms. The summed E-state index contributed by atoms with van der Waals surface area (Å²) in [6.07, 6.45) is 66.1. The van der Waals surface area contributed by atoms with Gasteiger partial charge in [0.2, 0.25) is 0 Å². The molecule has 0 aliphatic heterocycles.